The molecule has 24 heavy (non-hydrogen) atoms. The zero-order valence-corrected chi connectivity index (χ0v) is 12.2. The van der Waals surface area contributed by atoms with Gasteiger partial charge in [0.1, 0.15) is 6.10 Å². The molecule has 0 saturated heterocycles. The minimum Gasteiger partial charge on any atom is -0.478 e. The van der Waals surface area contributed by atoms with Gasteiger partial charge < -0.3 is 9.84 Å². The summed E-state index contributed by atoms with van der Waals surface area (Å²) < 4.78 is 44.0. The molecule has 7 heteroatoms. The average Bonchev–Trinajstić information content (AvgIpc) is 3.04. The van der Waals surface area contributed by atoms with Crippen molar-refractivity contribution in [3.63, 3.8) is 0 Å². The molecule has 0 bridgehead atoms. The van der Waals surface area contributed by atoms with Gasteiger partial charge in [-0.25, -0.2) is 9.79 Å². The second-order valence-corrected chi connectivity index (χ2v) is 5.26. The van der Waals surface area contributed by atoms with E-state index in [2.05, 4.69) is 4.99 Å². The van der Waals surface area contributed by atoms with Crippen LogP contribution in [0.3, 0.4) is 0 Å². The summed E-state index contributed by atoms with van der Waals surface area (Å²) in [7, 11) is 0. The van der Waals surface area contributed by atoms with Crippen LogP contribution in [0.25, 0.3) is 0 Å². The standard InChI is InChI=1S/C17H12F3NO3/c18-17(19,20)13-6-2-3-10(8-13)14-9-21-15(24-14)11-4-1-5-12(7-11)16(22)23/h1-8,14H,9H2,(H,22,23). The SMILES string of the molecule is O=C(O)c1cccc(C2=NCC(c3cccc(C(F)(F)F)c3)O2)c1. The summed E-state index contributed by atoms with van der Waals surface area (Å²) >= 11 is 0. The van der Waals surface area contributed by atoms with E-state index in [9.17, 15) is 18.0 Å². The highest BCUT2D eigenvalue weighted by atomic mass is 19.4. The van der Waals surface area contributed by atoms with Crippen molar-refractivity contribution in [2.45, 2.75) is 12.3 Å². The number of ether oxygens (including phenoxy) is 1. The quantitative estimate of drug-likeness (QED) is 0.925. The molecule has 2 aromatic carbocycles. The van der Waals surface area contributed by atoms with Crippen molar-refractivity contribution in [2.75, 3.05) is 6.54 Å². The van der Waals surface area contributed by atoms with Crippen LogP contribution < -0.4 is 0 Å². The smallest absolute Gasteiger partial charge is 0.416 e. The highest BCUT2D eigenvalue weighted by molar-refractivity contribution is 5.98. The maximum Gasteiger partial charge on any atom is 0.416 e. The minimum absolute atomic E-state index is 0.0846. The van der Waals surface area contributed by atoms with Crippen molar-refractivity contribution < 1.29 is 27.8 Å². The third-order valence-corrected chi connectivity index (χ3v) is 3.60. The molecule has 124 valence electrons. The summed E-state index contributed by atoms with van der Waals surface area (Å²) in [4.78, 5) is 15.2. The van der Waals surface area contributed by atoms with Crippen LogP contribution in [0.15, 0.2) is 53.5 Å². The molecule has 0 aromatic heterocycles. The number of halogens is 3. The number of alkyl halides is 3. The zero-order valence-electron chi connectivity index (χ0n) is 12.2. The molecule has 1 unspecified atom stereocenters. The van der Waals surface area contributed by atoms with Gasteiger partial charge in [0.25, 0.3) is 0 Å². The fourth-order valence-electron chi connectivity index (χ4n) is 2.41. The van der Waals surface area contributed by atoms with Crippen LogP contribution in [0.1, 0.15) is 33.2 Å². The molecular formula is C17H12F3NO3. The lowest BCUT2D eigenvalue weighted by Gasteiger charge is -2.14. The average molecular weight is 335 g/mol. The van der Waals surface area contributed by atoms with Gasteiger partial charge in [-0.2, -0.15) is 13.2 Å². The molecule has 0 radical (unpaired) electrons. The van der Waals surface area contributed by atoms with Crippen LogP contribution in [-0.4, -0.2) is 23.5 Å². The highest BCUT2D eigenvalue weighted by Gasteiger charge is 2.32. The van der Waals surface area contributed by atoms with E-state index in [1.54, 1.807) is 18.2 Å². The Kier molecular flexibility index (Phi) is 4.01. The first-order valence-corrected chi connectivity index (χ1v) is 7.06. The van der Waals surface area contributed by atoms with E-state index < -0.39 is 23.8 Å². The Labute approximate surface area is 135 Å². The molecular weight excluding hydrogens is 323 g/mol. The Morgan fingerprint density at radius 1 is 1.17 bits per heavy atom. The Hall–Kier alpha value is -2.83. The van der Waals surface area contributed by atoms with E-state index in [1.807, 2.05) is 0 Å². The van der Waals surface area contributed by atoms with Gasteiger partial charge in [-0.3, -0.25) is 0 Å². The number of aliphatic imine (C=N–C) groups is 1. The largest absolute Gasteiger partial charge is 0.478 e. The number of carbonyl (C=O) groups is 1. The van der Waals surface area contributed by atoms with Crippen LogP contribution in [-0.2, 0) is 10.9 Å². The second-order valence-electron chi connectivity index (χ2n) is 5.26. The van der Waals surface area contributed by atoms with Crippen molar-refractivity contribution in [1.29, 1.82) is 0 Å². The molecule has 2 aromatic rings. The monoisotopic (exact) mass is 335 g/mol. The number of benzene rings is 2. The van der Waals surface area contributed by atoms with Crippen molar-refractivity contribution >= 4 is 11.9 Å². The lowest BCUT2D eigenvalue weighted by molar-refractivity contribution is -0.137. The molecule has 4 nitrogen and oxygen atoms in total. The van der Waals surface area contributed by atoms with Gasteiger partial charge >= 0.3 is 12.1 Å². The van der Waals surface area contributed by atoms with Crippen LogP contribution in [0.5, 0.6) is 0 Å². The molecule has 1 heterocycles. The van der Waals surface area contributed by atoms with Gasteiger partial charge in [-0.1, -0.05) is 18.2 Å². The molecule has 1 aliphatic rings. The van der Waals surface area contributed by atoms with E-state index in [4.69, 9.17) is 9.84 Å². The van der Waals surface area contributed by atoms with Crippen LogP contribution in [0.4, 0.5) is 13.2 Å². The summed E-state index contributed by atoms with van der Waals surface area (Å²) in [5.41, 5.74) is 0.189. The highest BCUT2D eigenvalue weighted by Crippen LogP contribution is 2.33. The van der Waals surface area contributed by atoms with Gasteiger partial charge in [0, 0.05) is 5.56 Å². The first-order valence-electron chi connectivity index (χ1n) is 7.06. The molecule has 0 fully saturated rings. The predicted molar refractivity (Wildman–Crippen MR) is 80.1 cm³/mol. The molecule has 0 saturated carbocycles. The maximum absolute atomic E-state index is 12.8. The van der Waals surface area contributed by atoms with E-state index in [-0.39, 0.29) is 18.0 Å². The Morgan fingerprint density at radius 2 is 1.92 bits per heavy atom. The third kappa shape index (κ3) is 3.24. The number of hydrogen-bond donors (Lipinski definition) is 1. The maximum atomic E-state index is 12.8. The first kappa shape index (κ1) is 16.0. The lowest BCUT2D eigenvalue weighted by Crippen LogP contribution is -2.10. The van der Waals surface area contributed by atoms with E-state index in [1.165, 1.54) is 18.2 Å². The van der Waals surface area contributed by atoms with E-state index in [0.717, 1.165) is 12.1 Å². The molecule has 0 aliphatic carbocycles. The summed E-state index contributed by atoms with van der Waals surface area (Å²) in [6, 6.07) is 11.0. The Balaban J connectivity index is 1.80. The molecule has 0 spiro atoms. The fourth-order valence-corrected chi connectivity index (χ4v) is 2.41. The van der Waals surface area contributed by atoms with Crippen LogP contribution in [0, 0.1) is 0 Å². The summed E-state index contributed by atoms with van der Waals surface area (Å²) in [6.07, 6.45) is -5.05. The number of carboxylic acid groups (broad SMARTS) is 1. The van der Waals surface area contributed by atoms with Gasteiger partial charge in [0.05, 0.1) is 17.7 Å². The van der Waals surface area contributed by atoms with E-state index in [0.29, 0.717) is 11.1 Å². The van der Waals surface area contributed by atoms with Gasteiger partial charge in [0.2, 0.25) is 5.90 Å². The topological polar surface area (TPSA) is 58.9 Å². The van der Waals surface area contributed by atoms with Crippen LogP contribution >= 0.6 is 0 Å². The van der Waals surface area contributed by atoms with Gasteiger partial charge in [-0.05, 0) is 35.9 Å². The normalized spacial score (nSPS) is 17.3. The number of rotatable bonds is 3. The zero-order chi connectivity index (χ0) is 17.3. The molecule has 0 amide bonds. The van der Waals surface area contributed by atoms with E-state index >= 15 is 0 Å². The number of hydrogen-bond acceptors (Lipinski definition) is 3. The molecule has 1 atom stereocenters. The predicted octanol–water partition coefficient (Wildman–Crippen LogP) is 3.92. The van der Waals surface area contributed by atoms with Crippen LogP contribution in [0.2, 0.25) is 0 Å². The van der Waals surface area contributed by atoms with Crippen molar-refractivity contribution in [2.24, 2.45) is 4.99 Å². The van der Waals surface area contributed by atoms with Crippen molar-refractivity contribution in [3.05, 3.63) is 70.8 Å². The number of nitrogens with zero attached hydrogens (tertiary/aromatic N) is 1. The Bertz CT molecular complexity index is 815. The lowest BCUT2D eigenvalue weighted by atomic mass is 10.1. The van der Waals surface area contributed by atoms with Gasteiger partial charge in [0.15, 0.2) is 0 Å². The summed E-state index contributed by atoms with van der Waals surface area (Å²) in [6.45, 7) is 0.175. The number of aromatic carboxylic acids is 1. The molecule has 3 rings (SSSR count). The van der Waals surface area contributed by atoms with Crippen molar-refractivity contribution in [1.82, 2.24) is 0 Å². The first-order chi connectivity index (χ1) is 11.3. The van der Waals surface area contributed by atoms with Crippen molar-refractivity contribution in [3.8, 4) is 0 Å². The molecule has 1 N–H and O–H groups in total. The molecule has 1 aliphatic heterocycles. The number of carboxylic acids is 1. The van der Waals surface area contributed by atoms with Gasteiger partial charge in [-0.15, -0.1) is 0 Å². The second kappa shape index (κ2) is 5.99. The third-order valence-electron chi connectivity index (χ3n) is 3.60. The minimum atomic E-state index is -4.42. The summed E-state index contributed by atoms with van der Waals surface area (Å²) in [5, 5.41) is 9.00. The fraction of sp³-hybridized carbons (Fsp3) is 0.176. The Morgan fingerprint density at radius 3 is 2.62 bits per heavy atom. The summed E-state index contributed by atoms with van der Waals surface area (Å²) in [5.74, 6) is -0.856.